The first-order chi connectivity index (χ1) is 10.3. The third-order valence-corrected chi connectivity index (χ3v) is 3.74. The molecule has 0 fully saturated rings. The largest absolute Gasteiger partial charge is 0.491 e. The maximum atomic E-state index is 6.06. The Bertz CT molecular complexity index is 518. The smallest absolute Gasteiger partial charge is 0.120 e. The van der Waals surface area contributed by atoms with Crippen LogP contribution in [0.5, 0.6) is 5.75 Å². The average Bonchev–Trinajstić information content (AvgIpc) is 2.53. The van der Waals surface area contributed by atoms with Crippen molar-refractivity contribution in [1.82, 2.24) is 0 Å². The van der Waals surface area contributed by atoms with E-state index in [0.717, 1.165) is 12.2 Å². The van der Waals surface area contributed by atoms with Gasteiger partial charge in [0.1, 0.15) is 5.75 Å². The third-order valence-electron chi connectivity index (χ3n) is 3.74. The van der Waals surface area contributed by atoms with E-state index < -0.39 is 0 Å². The van der Waals surface area contributed by atoms with Crippen LogP contribution in [0.1, 0.15) is 46.0 Å². The lowest BCUT2D eigenvalue weighted by atomic mass is 10.1. The lowest BCUT2D eigenvalue weighted by Crippen LogP contribution is -2.11. The van der Waals surface area contributed by atoms with E-state index in [4.69, 9.17) is 4.74 Å². The average molecular weight is 282 g/mol. The Labute approximate surface area is 129 Å². The van der Waals surface area contributed by atoms with E-state index in [0.29, 0.717) is 0 Å². The van der Waals surface area contributed by atoms with Gasteiger partial charge < -0.3 is 4.74 Å². The van der Waals surface area contributed by atoms with Crippen molar-refractivity contribution in [3.8, 4) is 16.9 Å². The van der Waals surface area contributed by atoms with Gasteiger partial charge in [0.15, 0.2) is 0 Å². The van der Waals surface area contributed by atoms with Gasteiger partial charge in [0.25, 0.3) is 0 Å². The minimum Gasteiger partial charge on any atom is -0.491 e. The molecule has 1 atom stereocenters. The van der Waals surface area contributed by atoms with Crippen LogP contribution >= 0.6 is 0 Å². The third kappa shape index (κ3) is 5.26. The topological polar surface area (TPSA) is 9.23 Å². The minimum atomic E-state index is 0.285. The van der Waals surface area contributed by atoms with Crippen molar-refractivity contribution in [2.24, 2.45) is 0 Å². The van der Waals surface area contributed by atoms with Gasteiger partial charge in [-0.15, -0.1) is 0 Å². The molecule has 0 bridgehead atoms. The maximum Gasteiger partial charge on any atom is 0.120 e. The number of ether oxygens (including phenoxy) is 1. The van der Waals surface area contributed by atoms with E-state index in [-0.39, 0.29) is 6.10 Å². The zero-order valence-electron chi connectivity index (χ0n) is 13.2. The van der Waals surface area contributed by atoms with E-state index >= 15 is 0 Å². The Balaban J connectivity index is 1.92. The Morgan fingerprint density at radius 1 is 0.857 bits per heavy atom. The second kappa shape index (κ2) is 8.51. The highest BCUT2D eigenvalue weighted by Gasteiger charge is 2.05. The molecule has 0 aromatic heterocycles. The molecule has 0 saturated heterocycles. The molecule has 21 heavy (non-hydrogen) atoms. The lowest BCUT2D eigenvalue weighted by Gasteiger charge is -2.15. The van der Waals surface area contributed by atoms with Crippen molar-refractivity contribution in [2.75, 3.05) is 0 Å². The highest BCUT2D eigenvalue weighted by Crippen LogP contribution is 2.24. The molecular formula is C20H26O. The molecule has 2 aromatic rings. The van der Waals surface area contributed by atoms with Crippen LogP contribution in [-0.2, 0) is 0 Å². The molecule has 0 aliphatic rings. The Hall–Kier alpha value is -1.76. The van der Waals surface area contributed by atoms with Crippen molar-refractivity contribution in [3.05, 3.63) is 54.6 Å². The zero-order valence-corrected chi connectivity index (χ0v) is 13.2. The Kier molecular flexibility index (Phi) is 6.33. The second-order valence-corrected chi connectivity index (χ2v) is 5.67. The number of benzene rings is 2. The summed E-state index contributed by atoms with van der Waals surface area (Å²) in [6.07, 6.45) is 6.61. The van der Waals surface area contributed by atoms with Gasteiger partial charge in [-0.3, -0.25) is 0 Å². The summed E-state index contributed by atoms with van der Waals surface area (Å²) in [6, 6.07) is 18.8. The van der Waals surface area contributed by atoms with Gasteiger partial charge in [0, 0.05) is 0 Å². The monoisotopic (exact) mass is 282 g/mol. The van der Waals surface area contributed by atoms with Crippen LogP contribution in [0, 0.1) is 0 Å². The summed E-state index contributed by atoms with van der Waals surface area (Å²) in [7, 11) is 0. The molecular weight excluding hydrogens is 256 g/mol. The van der Waals surface area contributed by atoms with Gasteiger partial charge in [-0.2, -0.15) is 0 Å². The number of unbranched alkanes of at least 4 members (excludes halogenated alkanes) is 3. The summed E-state index contributed by atoms with van der Waals surface area (Å²) in [5.41, 5.74) is 2.45. The molecule has 0 aliphatic carbocycles. The number of hydrogen-bond donors (Lipinski definition) is 0. The quantitative estimate of drug-likeness (QED) is 0.532. The molecule has 2 aromatic carbocycles. The highest BCUT2D eigenvalue weighted by atomic mass is 16.5. The van der Waals surface area contributed by atoms with Crippen molar-refractivity contribution in [3.63, 3.8) is 0 Å². The zero-order chi connectivity index (χ0) is 14.9. The molecule has 0 unspecified atom stereocenters. The predicted molar refractivity (Wildman–Crippen MR) is 90.7 cm³/mol. The molecule has 0 N–H and O–H groups in total. The molecule has 0 saturated carbocycles. The van der Waals surface area contributed by atoms with Crippen molar-refractivity contribution in [1.29, 1.82) is 0 Å². The van der Waals surface area contributed by atoms with Gasteiger partial charge in [0.2, 0.25) is 0 Å². The fourth-order valence-electron chi connectivity index (χ4n) is 2.53. The van der Waals surface area contributed by atoms with Crippen LogP contribution in [0.4, 0.5) is 0 Å². The Morgan fingerprint density at radius 2 is 1.62 bits per heavy atom. The minimum absolute atomic E-state index is 0.285. The molecule has 1 nitrogen and oxygen atoms in total. The summed E-state index contributed by atoms with van der Waals surface area (Å²) < 4.78 is 6.06. The molecule has 0 amide bonds. The van der Waals surface area contributed by atoms with Gasteiger partial charge in [0.05, 0.1) is 6.10 Å². The van der Waals surface area contributed by atoms with Crippen LogP contribution in [0.15, 0.2) is 54.6 Å². The van der Waals surface area contributed by atoms with Crippen LogP contribution < -0.4 is 4.74 Å². The van der Waals surface area contributed by atoms with E-state index in [1.165, 1.54) is 36.8 Å². The fraction of sp³-hybridized carbons (Fsp3) is 0.400. The van der Waals surface area contributed by atoms with Crippen LogP contribution in [-0.4, -0.2) is 6.10 Å². The van der Waals surface area contributed by atoms with E-state index in [1.54, 1.807) is 0 Å². The predicted octanol–water partition coefficient (Wildman–Crippen LogP) is 6.09. The summed E-state index contributed by atoms with van der Waals surface area (Å²) in [5, 5.41) is 0. The van der Waals surface area contributed by atoms with Crippen molar-refractivity contribution >= 4 is 0 Å². The number of rotatable bonds is 8. The van der Waals surface area contributed by atoms with Gasteiger partial charge in [-0.05, 0) is 43.0 Å². The SMILES string of the molecule is CCCCCC[C@H](C)Oc1cccc(-c2ccccc2)c1. The van der Waals surface area contributed by atoms with Crippen molar-refractivity contribution < 1.29 is 4.74 Å². The summed E-state index contributed by atoms with van der Waals surface area (Å²) in [6.45, 7) is 4.41. The second-order valence-electron chi connectivity index (χ2n) is 5.67. The van der Waals surface area contributed by atoms with Gasteiger partial charge in [-0.1, -0.05) is 68.7 Å². The maximum absolute atomic E-state index is 6.06. The summed E-state index contributed by atoms with van der Waals surface area (Å²) in [5.74, 6) is 0.972. The van der Waals surface area contributed by atoms with Gasteiger partial charge >= 0.3 is 0 Å². The first-order valence-electron chi connectivity index (χ1n) is 8.11. The molecule has 112 valence electrons. The molecule has 0 heterocycles. The standard InChI is InChI=1S/C20H26O/c1-3-4-5-7-11-17(2)21-20-15-10-14-19(16-20)18-12-8-6-9-13-18/h6,8-10,12-17H,3-5,7,11H2,1-2H3/t17-/m0/s1. The lowest BCUT2D eigenvalue weighted by molar-refractivity contribution is 0.206. The molecule has 0 spiro atoms. The summed E-state index contributed by atoms with van der Waals surface area (Å²) >= 11 is 0. The molecule has 1 heteroatoms. The number of hydrogen-bond acceptors (Lipinski definition) is 1. The van der Waals surface area contributed by atoms with Crippen LogP contribution in [0.3, 0.4) is 0 Å². The van der Waals surface area contributed by atoms with E-state index in [2.05, 4.69) is 62.4 Å². The van der Waals surface area contributed by atoms with Crippen molar-refractivity contribution in [2.45, 2.75) is 52.1 Å². The fourth-order valence-corrected chi connectivity index (χ4v) is 2.53. The first-order valence-corrected chi connectivity index (χ1v) is 8.11. The van der Waals surface area contributed by atoms with Gasteiger partial charge in [-0.25, -0.2) is 0 Å². The van der Waals surface area contributed by atoms with E-state index in [1.807, 2.05) is 6.07 Å². The molecule has 0 aliphatic heterocycles. The highest BCUT2D eigenvalue weighted by molar-refractivity contribution is 5.64. The molecule has 2 rings (SSSR count). The summed E-state index contributed by atoms with van der Waals surface area (Å²) in [4.78, 5) is 0. The van der Waals surface area contributed by atoms with Crippen LogP contribution in [0.2, 0.25) is 0 Å². The molecule has 0 radical (unpaired) electrons. The van der Waals surface area contributed by atoms with E-state index in [9.17, 15) is 0 Å². The van der Waals surface area contributed by atoms with Crippen LogP contribution in [0.25, 0.3) is 11.1 Å². The Morgan fingerprint density at radius 3 is 2.38 bits per heavy atom. The normalized spacial score (nSPS) is 12.1. The first kappa shape index (κ1) is 15.6.